The first-order chi connectivity index (χ1) is 9.08. The number of nitrogens with one attached hydrogen (secondary N) is 1. The zero-order valence-electron chi connectivity index (χ0n) is 11.4. The van der Waals surface area contributed by atoms with Gasteiger partial charge in [0.25, 0.3) is 0 Å². The van der Waals surface area contributed by atoms with Crippen LogP contribution in [0.25, 0.3) is 0 Å². The van der Waals surface area contributed by atoms with Gasteiger partial charge in [-0.05, 0) is 36.5 Å². The molecule has 0 aromatic heterocycles. The number of rotatable bonds is 6. The summed E-state index contributed by atoms with van der Waals surface area (Å²) in [4.78, 5) is 11.9. The van der Waals surface area contributed by atoms with Crippen molar-refractivity contribution in [3.8, 4) is 6.07 Å². The summed E-state index contributed by atoms with van der Waals surface area (Å²) >= 11 is 0. The Hall–Kier alpha value is -1.86. The minimum absolute atomic E-state index is 0.0115. The van der Waals surface area contributed by atoms with E-state index in [1.165, 1.54) is 0 Å². The van der Waals surface area contributed by atoms with Crippen LogP contribution in [0.15, 0.2) is 24.3 Å². The summed E-state index contributed by atoms with van der Waals surface area (Å²) in [5.41, 5.74) is 1.76. The number of aliphatic hydroxyl groups excluding tert-OH is 1. The first-order valence-electron chi connectivity index (χ1n) is 6.48. The number of nitriles is 1. The van der Waals surface area contributed by atoms with Crippen molar-refractivity contribution in [2.24, 2.45) is 11.8 Å². The quantitative estimate of drug-likeness (QED) is 0.824. The van der Waals surface area contributed by atoms with E-state index in [2.05, 4.69) is 5.32 Å². The molecule has 1 aromatic rings. The number of aryl methyl sites for hydroxylation is 1. The molecule has 0 aliphatic heterocycles. The molecule has 4 heteroatoms. The van der Waals surface area contributed by atoms with Crippen molar-refractivity contribution in [3.05, 3.63) is 29.8 Å². The predicted molar refractivity (Wildman–Crippen MR) is 74.4 cm³/mol. The number of benzene rings is 1. The molecule has 0 bridgehead atoms. The molecule has 2 N–H and O–H groups in total. The molecular formula is C15H20N2O2. The molecule has 1 amide bonds. The van der Waals surface area contributed by atoms with Gasteiger partial charge in [0.15, 0.2) is 0 Å². The molecule has 1 rings (SSSR count). The minimum Gasteiger partial charge on any atom is -0.396 e. The molecule has 4 nitrogen and oxygen atoms in total. The molecule has 1 atom stereocenters. The fourth-order valence-electron chi connectivity index (χ4n) is 1.82. The maximum atomic E-state index is 11.9. The number of hydrogen-bond donors (Lipinski definition) is 2. The average Bonchev–Trinajstić information content (AvgIpc) is 2.37. The molecule has 1 aromatic carbocycles. The summed E-state index contributed by atoms with van der Waals surface area (Å²) in [7, 11) is 0. The van der Waals surface area contributed by atoms with Crippen molar-refractivity contribution in [1.29, 1.82) is 5.26 Å². The lowest BCUT2D eigenvalue weighted by molar-refractivity contribution is -0.119. The molecule has 0 heterocycles. The van der Waals surface area contributed by atoms with Crippen LogP contribution in [0.4, 0.5) is 5.69 Å². The van der Waals surface area contributed by atoms with Gasteiger partial charge in [0, 0.05) is 12.3 Å². The Morgan fingerprint density at radius 3 is 2.79 bits per heavy atom. The number of hydrogen-bond acceptors (Lipinski definition) is 3. The highest BCUT2D eigenvalue weighted by Crippen LogP contribution is 2.16. The molecule has 0 aliphatic rings. The van der Waals surface area contributed by atoms with Gasteiger partial charge in [-0.25, -0.2) is 0 Å². The second-order valence-corrected chi connectivity index (χ2v) is 4.87. The van der Waals surface area contributed by atoms with Gasteiger partial charge in [-0.2, -0.15) is 5.26 Å². The van der Waals surface area contributed by atoms with Gasteiger partial charge in [0.1, 0.15) is 5.92 Å². The number of nitrogens with zero attached hydrogens (tertiary/aromatic N) is 1. The molecular weight excluding hydrogens is 240 g/mol. The fourth-order valence-corrected chi connectivity index (χ4v) is 1.82. The summed E-state index contributed by atoms with van der Waals surface area (Å²) in [6, 6.07) is 9.52. The smallest absolute Gasteiger partial charge is 0.241 e. The van der Waals surface area contributed by atoms with Gasteiger partial charge >= 0.3 is 0 Å². The summed E-state index contributed by atoms with van der Waals surface area (Å²) in [5.74, 6) is -0.916. The van der Waals surface area contributed by atoms with Gasteiger partial charge in [0.05, 0.1) is 6.07 Å². The summed E-state index contributed by atoms with van der Waals surface area (Å²) in [6.07, 6.45) is 1.47. The van der Waals surface area contributed by atoms with Crippen molar-refractivity contribution >= 4 is 11.6 Å². The van der Waals surface area contributed by atoms with Gasteiger partial charge in [-0.15, -0.1) is 0 Å². The minimum atomic E-state index is -0.638. The van der Waals surface area contributed by atoms with Gasteiger partial charge in [-0.1, -0.05) is 26.0 Å². The largest absolute Gasteiger partial charge is 0.396 e. The van der Waals surface area contributed by atoms with E-state index in [9.17, 15) is 4.79 Å². The van der Waals surface area contributed by atoms with Crippen LogP contribution in [0, 0.1) is 23.2 Å². The zero-order chi connectivity index (χ0) is 14.3. The Morgan fingerprint density at radius 2 is 2.21 bits per heavy atom. The third kappa shape index (κ3) is 4.72. The van der Waals surface area contributed by atoms with E-state index in [4.69, 9.17) is 10.4 Å². The second kappa shape index (κ2) is 7.55. The van der Waals surface area contributed by atoms with E-state index in [0.29, 0.717) is 12.1 Å². The lowest BCUT2D eigenvalue weighted by Crippen LogP contribution is -2.25. The molecule has 0 spiro atoms. The maximum absolute atomic E-state index is 11.9. The lowest BCUT2D eigenvalue weighted by Gasteiger charge is -2.13. The average molecular weight is 260 g/mol. The van der Waals surface area contributed by atoms with E-state index in [0.717, 1.165) is 12.0 Å². The van der Waals surface area contributed by atoms with Crippen molar-refractivity contribution in [1.82, 2.24) is 0 Å². The van der Waals surface area contributed by atoms with Crippen LogP contribution in [0.2, 0.25) is 0 Å². The van der Waals surface area contributed by atoms with E-state index in [1.807, 2.05) is 38.1 Å². The third-order valence-electron chi connectivity index (χ3n) is 2.91. The highest BCUT2D eigenvalue weighted by atomic mass is 16.2. The molecule has 0 saturated heterocycles. The fraction of sp³-hybridized carbons (Fsp3) is 0.467. The SMILES string of the molecule is CC(C)C(C#N)C(=O)Nc1cccc(CCCO)c1. The van der Waals surface area contributed by atoms with Crippen molar-refractivity contribution in [3.63, 3.8) is 0 Å². The molecule has 0 saturated carbocycles. The second-order valence-electron chi connectivity index (χ2n) is 4.87. The summed E-state index contributed by atoms with van der Waals surface area (Å²) < 4.78 is 0. The van der Waals surface area contributed by atoms with Crippen molar-refractivity contribution < 1.29 is 9.90 Å². The van der Waals surface area contributed by atoms with Crippen LogP contribution in [0.3, 0.4) is 0 Å². The standard InChI is InChI=1S/C15H20N2O2/c1-11(2)14(10-16)15(19)17-13-7-3-5-12(9-13)6-4-8-18/h3,5,7,9,11,14,18H,4,6,8H2,1-2H3,(H,17,19). The predicted octanol–water partition coefficient (Wildman–Crippen LogP) is 2.35. The highest BCUT2D eigenvalue weighted by Gasteiger charge is 2.21. The zero-order valence-corrected chi connectivity index (χ0v) is 11.4. The molecule has 19 heavy (non-hydrogen) atoms. The van der Waals surface area contributed by atoms with Crippen LogP contribution >= 0.6 is 0 Å². The number of carbonyl (C=O) groups is 1. The van der Waals surface area contributed by atoms with E-state index < -0.39 is 5.92 Å². The number of amides is 1. The van der Waals surface area contributed by atoms with E-state index in [1.54, 1.807) is 6.07 Å². The molecule has 0 fully saturated rings. The topological polar surface area (TPSA) is 73.1 Å². The van der Waals surface area contributed by atoms with Crippen LogP contribution in [0.5, 0.6) is 0 Å². The maximum Gasteiger partial charge on any atom is 0.241 e. The number of anilines is 1. The number of aliphatic hydroxyl groups is 1. The van der Waals surface area contributed by atoms with Gasteiger partial charge in [0.2, 0.25) is 5.91 Å². The Balaban J connectivity index is 2.71. The number of carbonyl (C=O) groups excluding carboxylic acids is 1. The monoisotopic (exact) mass is 260 g/mol. The first kappa shape index (κ1) is 15.2. The van der Waals surface area contributed by atoms with Crippen LogP contribution in [-0.4, -0.2) is 17.6 Å². The summed E-state index contributed by atoms with van der Waals surface area (Å²) in [5, 5.41) is 20.5. The molecule has 102 valence electrons. The lowest BCUT2D eigenvalue weighted by atomic mass is 9.96. The van der Waals surface area contributed by atoms with Gasteiger partial charge in [-0.3, -0.25) is 4.79 Å². The normalized spacial score (nSPS) is 11.9. The Labute approximate surface area is 114 Å². The third-order valence-corrected chi connectivity index (χ3v) is 2.91. The van der Waals surface area contributed by atoms with Crippen molar-refractivity contribution in [2.75, 3.05) is 11.9 Å². The van der Waals surface area contributed by atoms with Crippen LogP contribution in [0.1, 0.15) is 25.8 Å². The first-order valence-corrected chi connectivity index (χ1v) is 6.48. The van der Waals surface area contributed by atoms with E-state index in [-0.39, 0.29) is 18.4 Å². The summed E-state index contributed by atoms with van der Waals surface area (Å²) in [6.45, 7) is 3.86. The van der Waals surface area contributed by atoms with E-state index >= 15 is 0 Å². The molecule has 0 aliphatic carbocycles. The molecule has 0 radical (unpaired) electrons. The Kier molecular flexibility index (Phi) is 6.04. The van der Waals surface area contributed by atoms with Crippen LogP contribution < -0.4 is 5.32 Å². The van der Waals surface area contributed by atoms with Crippen molar-refractivity contribution in [2.45, 2.75) is 26.7 Å². The van der Waals surface area contributed by atoms with Crippen LogP contribution in [-0.2, 0) is 11.2 Å². The Bertz CT molecular complexity index is 463. The highest BCUT2D eigenvalue weighted by molar-refractivity contribution is 5.94. The van der Waals surface area contributed by atoms with Gasteiger partial charge < -0.3 is 10.4 Å². The Morgan fingerprint density at radius 1 is 1.47 bits per heavy atom. The molecule has 1 unspecified atom stereocenters.